The summed E-state index contributed by atoms with van der Waals surface area (Å²) in [4.78, 5) is 87.9. The lowest BCUT2D eigenvalue weighted by Gasteiger charge is -2.32. The predicted octanol–water partition coefficient (Wildman–Crippen LogP) is 16.0. The molecule has 0 spiro atoms. The molecule has 0 aliphatic carbocycles. The van der Waals surface area contributed by atoms with Crippen molar-refractivity contribution in [2.75, 3.05) is 130 Å². The van der Waals surface area contributed by atoms with Crippen LogP contribution in [0, 0.1) is 0 Å². The zero-order valence-electron chi connectivity index (χ0n) is 75.2. The zero-order valence-corrected chi connectivity index (χ0v) is 77.5. The van der Waals surface area contributed by atoms with Crippen LogP contribution in [0.15, 0.2) is 288 Å². The lowest BCUT2D eigenvalue weighted by molar-refractivity contribution is -0.137. The molecule has 4 aliphatic rings. The minimum absolute atomic E-state index is 0.113. The number of H-pyrrole nitrogens is 1. The fourth-order valence-electron chi connectivity index (χ4n) is 18.9. The number of alkyl halides is 3. The number of piperazine rings is 4. The molecular weight excluding hydrogens is 1830 g/mol. The molecule has 0 bridgehead atoms. The molecule has 0 amide bonds. The van der Waals surface area contributed by atoms with E-state index in [1.165, 1.54) is 16.7 Å². The van der Waals surface area contributed by atoms with Crippen molar-refractivity contribution in [1.82, 2.24) is 99.2 Å². The summed E-state index contributed by atoms with van der Waals surface area (Å²) >= 11 is 20.2. The van der Waals surface area contributed by atoms with Crippen molar-refractivity contribution in [3.05, 3.63) is 331 Å². The molecule has 0 radical (unpaired) electrons. The number of nitrogen functional groups attached to an aromatic ring is 1. The molecule has 0 atom stereocenters. The van der Waals surface area contributed by atoms with Gasteiger partial charge >= 0.3 is 6.18 Å². The van der Waals surface area contributed by atoms with Crippen LogP contribution in [-0.4, -0.2) is 183 Å². The Bertz CT molecular complexity index is 8420. The Balaban J connectivity index is 0.000000110. The van der Waals surface area contributed by atoms with Gasteiger partial charge in [-0.2, -0.15) is 28.5 Å². The van der Waals surface area contributed by atoms with Crippen LogP contribution in [0.3, 0.4) is 0 Å². The first-order valence-corrected chi connectivity index (χ1v) is 46.6. The number of nitrogens with two attached hydrogens (primary N) is 1. The van der Waals surface area contributed by atoms with E-state index in [0.717, 1.165) is 223 Å². The van der Waals surface area contributed by atoms with Crippen molar-refractivity contribution in [1.29, 1.82) is 0 Å². The van der Waals surface area contributed by atoms with Gasteiger partial charge in [-0.15, -0.1) is 0 Å². The number of anilines is 5. The Morgan fingerprint density at radius 2 is 0.619 bits per heavy atom. The fraction of sp³-hybridized carbons (Fsp3) is 0.183. The first-order valence-electron chi connectivity index (χ1n) is 45.4. The lowest BCUT2D eigenvalue weighted by Crippen LogP contribution is -2.44. The molecule has 24 rings (SSSR count). The summed E-state index contributed by atoms with van der Waals surface area (Å²) in [6, 6.07) is 58.5. The highest BCUT2D eigenvalue weighted by Crippen LogP contribution is 2.42. The molecule has 4 aliphatic heterocycles. The molecule has 20 aromatic rings. The number of nitrogens with zero attached hydrogens (tertiary/aromatic N) is 19. The average molecular weight is 1920 g/mol. The van der Waals surface area contributed by atoms with Gasteiger partial charge in [-0.25, -0.2) is 9.97 Å². The number of aryl methyl sites for hydroxylation is 2. The molecule has 12 aromatic heterocycles. The molecule has 4 saturated heterocycles. The maximum absolute atomic E-state index is 14.3. The number of benzene rings is 8. The van der Waals surface area contributed by atoms with Gasteiger partial charge in [0.05, 0.1) is 123 Å². The van der Waals surface area contributed by atoms with Crippen molar-refractivity contribution < 1.29 is 13.2 Å². The van der Waals surface area contributed by atoms with Crippen molar-refractivity contribution in [2.24, 2.45) is 14.1 Å². The monoisotopic (exact) mass is 1910 g/mol. The molecule has 35 heteroatoms. The zero-order chi connectivity index (χ0) is 95.3. The number of halogens is 6. The Morgan fingerprint density at radius 1 is 0.317 bits per heavy atom. The second-order valence-electron chi connectivity index (χ2n) is 34.4. The highest BCUT2D eigenvalue weighted by atomic mass is 35.5. The van der Waals surface area contributed by atoms with Gasteiger partial charge < -0.3 is 46.6 Å². The minimum Gasteiger partial charge on any atom is -0.368 e. The molecule has 7 N–H and O–H groups in total. The predicted molar refractivity (Wildman–Crippen MR) is 547 cm³/mol. The van der Waals surface area contributed by atoms with Crippen LogP contribution in [0.1, 0.15) is 5.56 Å². The number of pyridine rings is 8. The van der Waals surface area contributed by atoms with Crippen LogP contribution in [-0.2, 0) is 20.3 Å². The average Bonchev–Trinajstić information content (AvgIpc) is 1.72. The SMILES string of the molecule is Cn1cc(-c2ccc3ncc4ccc(=O)n(-c5ccc(N6CCNCC6)c(C(F)(F)F)c5)c4c3c2)cn1.Cn1cc(-c2ccc3ncc4ccc(=O)n(-c5ccc(N6CCNCC6)c(Cl)c5)c4c3c2)cn1.Nc1ncc(-c2ccc3ncc4ccc(=O)n(-c5ccc(N6CCNCC6)c(Cl)c5)c4c3c2)cn1.O=c1ccc2cnc3ccc(-c4cn[nH]c4)cc3c2n1-c1ccc(N2CCNCC2)c(Cl)c1. The number of nitrogens with one attached hydrogen (secondary N) is 5. The summed E-state index contributed by atoms with van der Waals surface area (Å²) in [7, 11) is 3.72. The number of rotatable bonds is 12. The van der Waals surface area contributed by atoms with Crippen molar-refractivity contribution in [3.8, 4) is 67.3 Å². The van der Waals surface area contributed by atoms with Crippen LogP contribution in [0.25, 0.3) is 154 Å². The second-order valence-corrected chi connectivity index (χ2v) is 35.6. The first-order chi connectivity index (χ1) is 67.6. The molecule has 4 fully saturated rings. The summed E-state index contributed by atoms with van der Waals surface area (Å²) in [5.41, 5.74) is 22.9. The molecule has 139 heavy (non-hydrogen) atoms. The van der Waals surface area contributed by atoms with Gasteiger partial charge in [0.15, 0.2) is 0 Å². The molecular formula is C104H89Cl3F3N25O4. The summed E-state index contributed by atoms with van der Waals surface area (Å²) < 4.78 is 52.8. The van der Waals surface area contributed by atoms with E-state index in [2.05, 4.69) is 98.4 Å². The highest BCUT2D eigenvalue weighted by Gasteiger charge is 2.36. The van der Waals surface area contributed by atoms with Crippen LogP contribution >= 0.6 is 34.8 Å². The van der Waals surface area contributed by atoms with Gasteiger partial charge in [-0.3, -0.25) is 71.8 Å². The number of hydrogen-bond donors (Lipinski definition) is 6. The minimum atomic E-state index is -4.58. The number of fused-ring (bicyclic) bond motifs is 12. The Morgan fingerprint density at radius 3 is 0.914 bits per heavy atom. The topological polar surface area (TPSA) is 317 Å². The third-order valence-electron chi connectivity index (χ3n) is 25.7. The van der Waals surface area contributed by atoms with Gasteiger partial charge in [0.1, 0.15) is 0 Å². The van der Waals surface area contributed by atoms with Gasteiger partial charge in [0, 0.05) is 270 Å². The molecule has 16 heterocycles. The number of hydrogen-bond acceptors (Lipinski definition) is 22. The van der Waals surface area contributed by atoms with E-state index in [0.29, 0.717) is 68.7 Å². The van der Waals surface area contributed by atoms with Crippen molar-refractivity contribution in [3.63, 3.8) is 0 Å². The van der Waals surface area contributed by atoms with E-state index in [1.54, 1.807) is 102 Å². The van der Waals surface area contributed by atoms with Gasteiger partial charge in [0.25, 0.3) is 22.2 Å². The van der Waals surface area contributed by atoms with Crippen LogP contribution < -0.4 is 68.8 Å². The largest absolute Gasteiger partial charge is 0.418 e. The lowest BCUT2D eigenvalue weighted by atomic mass is 10.0. The maximum atomic E-state index is 14.3. The summed E-state index contributed by atoms with van der Waals surface area (Å²) in [5.74, 6) is 0.219. The molecule has 29 nitrogen and oxygen atoms in total. The molecule has 0 saturated carbocycles. The van der Waals surface area contributed by atoms with Crippen LogP contribution in [0.5, 0.6) is 0 Å². The molecule has 8 aromatic carbocycles. The van der Waals surface area contributed by atoms with Crippen molar-refractivity contribution in [2.45, 2.75) is 6.18 Å². The normalized spacial score (nSPS) is 14.3. The Hall–Kier alpha value is -15.6. The van der Waals surface area contributed by atoms with E-state index < -0.39 is 17.3 Å². The summed E-state index contributed by atoms with van der Waals surface area (Å²) in [6.45, 7) is 13.1. The smallest absolute Gasteiger partial charge is 0.368 e. The Kier molecular flexibility index (Phi) is 24.7. The number of aromatic nitrogens is 16. The van der Waals surface area contributed by atoms with Crippen molar-refractivity contribution >= 4 is 151 Å². The number of aromatic amines is 1. The van der Waals surface area contributed by atoms with E-state index in [1.807, 2.05) is 179 Å². The maximum Gasteiger partial charge on any atom is 0.418 e. The van der Waals surface area contributed by atoms with Crippen LogP contribution in [0.4, 0.5) is 41.9 Å². The van der Waals surface area contributed by atoms with E-state index in [4.69, 9.17) is 40.5 Å². The first kappa shape index (κ1) is 90.0. The fourth-order valence-corrected chi connectivity index (χ4v) is 19.8. The summed E-state index contributed by atoms with van der Waals surface area (Å²) in [6.07, 6.45) is 16.9. The molecule has 0 unspecified atom stereocenters. The van der Waals surface area contributed by atoms with Crippen LogP contribution in [0.2, 0.25) is 15.1 Å². The highest BCUT2D eigenvalue weighted by molar-refractivity contribution is 6.34. The third kappa shape index (κ3) is 18.1. The summed E-state index contributed by atoms with van der Waals surface area (Å²) in [5, 5.41) is 37.1. The van der Waals surface area contributed by atoms with Gasteiger partial charge in [0.2, 0.25) is 5.95 Å². The molecule has 696 valence electrons. The van der Waals surface area contributed by atoms with E-state index in [-0.39, 0.29) is 34.0 Å². The van der Waals surface area contributed by atoms with Gasteiger partial charge in [-0.05, 0) is 168 Å². The van der Waals surface area contributed by atoms with E-state index >= 15 is 0 Å². The van der Waals surface area contributed by atoms with E-state index in [9.17, 15) is 32.3 Å². The standard InChI is InChI=1S/C27H23F3N6O.C26H22ClN7O.C26H23ClN6O.C25H21ClN6O/c1-34-16-19(15-33-34)17-2-5-23-21(12-17)26-18(14-32-23)3-7-25(37)36(26)20-4-6-24(22(13-20)27(28,29)30)35-10-8-31-9-11-35;27-21-12-19(3-5-23(21)33-9-7-29-8-10-33)34-24(35)6-2-17-13-30-22-4-1-16(11-20(22)25(17)34)18-14-31-26(28)32-15-18;1-31-16-19(15-30-31)17-2-5-23-21(12-17)26-18(14-29-23)3-7-25(34)33(26)20-4-6-24(22(27)13-20)32-10-8-28-9-11-32;26-21-12-19(3-5-23(21)31-9-7-27-8-10-31)32-24(33)6-2-17-13-28-22-4-1-16(11-20(22)25(17)32)18-14-29-30-15-18/h2-7,12-16,31H,8-11H2,1H3;1-6,11-15,29H,7-10H2,(H2,28,31,32);2-7,12-16,28H,8-11H2,1H3;1-6,11-15,27H,7-10H2,(H,29,30). The quantitative estimate of drug-likeness (QED) is 0.0619. The Labute approximate surface area is 806 Å². The van der Waals surface area contributed by atoms with Gasteiger partial charge in [-0.1, -0.05) is 59.1 Å². The second kappa shape index (κ2) is 38.2. The third-order valence-corrected chi connectivity index (χ3v) is 26.6.